The second kappa shape index (κ2) is 26.5. The van der Waals surface area contributed by atoms with Crippen molar-refractivity contribution in [3.05, 3.63) is 256 Å². The van der Waals surface area contributed by atoms with Crippen LogP contribution in [0, 0.1) is 175 Å². The summed E-state index contributed by atoms with van der Waals surface area (Å²) in [5.74, 6) is -83.0. The standard InChI is InChI=1S/C76H16Br2F30N8/c77-15-11-27-35(41-51(87)63(99)71(107)64(100)52(41)88)23-7-3-19(111-23)31(37-43(79)55(91)67(103)56(92)44(37)80)17-1-5-21(109-17)33(39-47(83)59(95)69(105)60(96)48(39)84)25-9-13-29(75(15)115-27)74-14-10-26(114-74)34(40-49(85)61(97)70(106)62(98)50(40)86)22-6-2-18(110-22)32(38-45(81)57(93)68(104)58(94)46(38)82)20-4-8-24(112-20)36(42-53(89)65(101)72(108)66(102)54(42)90)28-12-16(78)76(116-28)30(14)73(13)113-25/h1-12,111-114H. The van der Waals surface area contributed by atoms with Crippen molar-refractivity contribution in [3.63, 3.8) is 0 Å². The van der Waals surface area contributed by atoms with Crippen LogP contribution in [0.5, 0.6) is 0 Å². The minimum Gasteiger partial charge on any atom is -0.354 e. The molecule has 16 bridgehead atoms. The zero-order valence-electron chi connectivity index (χ0n) is 54.8. The fourth-order valence-corrected chi connectivity index (χ4v) is 15.1. The molecule has 13 aromatic rings. The summed E-state index contributed by atoms with van der Waals surface area (Å²) in [6.07, 6.45) is 3.40. The number of hydrogen-bond acceptors (Lipinski definition) is 4. The summed E-state index contributed by atoms with van der Waals surface area (Å²) in [5, 5.41) is -3.29. The van der Waals surface area contributed by atoms with Gasteiger partial charge in [0.05, 0.1) is 90.0 Å². The average molecular weight is 1770 g/mol. The van der Waals surface area contributed by atoms with Crippen molar-refractivity contribution in [2.75, 3.05) is 0 Å². The Hall–Kier alpha value is -12.6. The van der Waals surface area contributed by atoms with Gasteiger partial charge in [0.25, 0.3) is 0 Å². The van der Waals surface area contributed by atoms with E-state index < -0.39 is 361 Å². The smallest absolute Gasteiger partial charge is 0.200 e. The second-order valence-electron chi connectivity index (χ2n) is 25.3. The quantitative estimate of drug-likeness (QED) is 0.0754. The fraction of sp³-hybridized carbons (Fsp3) is 0. The summed E-state index contributed by atoms with van der Waals surface area (Å²) in [5.41, 5.74) is -37.6. The first kappa shape index (κ1) is 76.0. The Bertz CT molecular complexity index is 6770. The summed E-state index contributed by atoms with van der Waals surface area (Å²) in [4.78, 5) is 27.0. The predicted octanol–water partition coefficient (Wildman–Crippen LogP) is 25.0. The van der Waals surface area contributed by atoms with E-state index in [1.54, 1.807) is 0 Å². The largest absolute Gasteiger partial charge is 0.354 e. The molecule has 17 rings (SSSR count). The molecule has 7 aromatic carbocycles. The number of hydrogen-bond donors (Lipinski definition) is 4. The highest BCUT2D eigenvalue weighted by molar-refractivity contribution is 9.15. The molecule has 0 spiro atoms. The monoisotopic (exact) mass is 1770 g/mol. The Morgan fingerprint density at radius 2 is 0.379 bits per heavy atom. The lowest BCUT2D eigenvalue weighted by molar-refractivity contribution is 0.381. The van der Waals surface area contributed by atoms with Crippen molar-refractivity contribution in [1.29, 1.82) is 0 Å². The molecule has 6 aromatic heterocycles. The van der Waals surface area contributed by atoms with Crippen LogP contribution in [0.15, 0.2) is 36.4 Å². The summed E-state index contributed by atoms with van der Waals surface area (Å²) in [6.45, 7) is 0. The van der Waals surface area contributed by atoms with Gasteiger partial charge in [-0.3, -0.25) is 0 Å². The number of nitrogens with one attached hydrogen (secondary N) is 4. The normalized spacial score (nSPS) is 12.9. The van der Waals surface area contributed by atoms with Gasteiger partial charge in [-0.15, -0.1) is 0 Å². The number of halogens is 32. The Kier molecular flexibility index (Phi) is 17.4. The third-order valence-electron chi connectivity index (χ3n) is 19.2. The van der Waals surface area contributed by atoms with Crippen molar-refractivity contribution in [2.24, 2.45) is 0 Å². The van der Waals surface area contributed by atoms with Gasteiger partial charge in [-0.05, 0) is 105 Å². The molecule has 0 radical (unpaired) electrons. The molecule has 4 N–H and O–H groups in total. The van der Waals surface area contributed by atoms with Gasteiger partial charge in [0.15, 0.2) is 140 Å². The number of aromatic nitrogens is 8. The van der Waals surface area contributed by atoms with Gasteiger partial charge in [0.2, 0.25) is 34.9 Å². The minimum absolute atomic E-state index is 0.520. The fourth-order valence-electron chi connectivity index (χ4n) is 14.1. The average Bonchev–Trinajstić information content (AvgIpc) is 1.54. The summed E-state index contributed by atoms with van der Waals surface area (Å²) >= 11 is 6.35. The van der Waals surface area contributed by atoms with Gasteiger partial charge < -0.3 is 19.9 Å². The molecular weight excluding hydrogens is 1750 g/mol. The maximum atomic E-state index is 17.1. The number of benzene rings is 7. The maximum absolute atomic E-state index is 17.1. The van der Waals surface area contributed by atoms with Crippen LogP contribution in [-0.4, -0.2) is 39.9 Å². The number of fused-ring (bicyclic) bond motifs is 18. The predicted molar refractivity (Wildman–Crippen MR) is 365 cm³/mol. The summed E-state index contributed by atoms with van der Waals surface area (Å²) in [7, 11) is 0. The molecule has 8 nitrogen and oxygen atoms in total. The molecule has 40 heteroatoms. The second-order valence-corrected chi connectivity index (χ2v) is 27.0. The molecule has 0 saturated heterocycles. The lowest BCUT2D eigenvalue weighted by Gasteiger charge is -2.11. The van der Waals surface area contributed by atoms with Crippen molar-refractivity contribution < 1.29 is 132 Å². The molecule has 10 heterocycles. The molecule has 0 amide bonds. The molecule has 0 aliphatic carbocycles. The third kappa shape index (κ3) is 10.5. The van der Waals surface area contributed by atoms with Crippen LogP contribution in [0.1, 0.15) is 45.6 Å². The van der Waals surface area contributed by atoms with Crippen LogP contribution in [0.2, 0.25) is 0 Å². The number of H-pyrrole nitrogens is 4. The highest BCUT2D eigenvalue weighted by Gasteiger charge is 2.40. The van der Waals surface area contributed by atoms with Crippen LogP contribution < -0.4 is 0 Å². The highest BCUT2D eigenvalue weighted by Crippen LogP contribution is 2.52. The Labute approximate surface area is 635 Å². The molecule has 0 fully saturated rings. The molecular formula is C76H16Br2F30N8. The van der Waals surface area contributed by atoms with Crippen LogP contribution >= 0.6 is 31.9 Å². The van der Waals surface area contributed by atoms with Crippen molar-refractivity contribution in [2.45, 2.75) is 0 Å². The van der Waals surface area contributed by atoms with Crippen molar-refractivity contribution in [1.82, 2.24) is 39.9 Å². The van der Waals surface area contributed by atoms with E-state index in [0.29, 0.717) is 72.9 Å². The molecule has 0 atom stereocenters. The van der Waals surface area contributed by atoms with E-state index in [1.165, 1.54) is 0 Å². The van der Waals surface area contributed by atoms with Gasteiger partial charge in [0.1, 0.15) is 0 Å². The van der Waals surface area contributed by atoms with E-state index in [9.17, 15) is 8.78 Å². The van der Waals surface area contributed by atoms with Crippen LogP contribution in [0.25, 0.3) is 178 Å². The zero-order valence-corrected chi connectivity index (χ0v) is 58.0. The SMILES string of the molecule is Fc1c(F)c(F)c(-c2c3nc(c(-c4c(F)c(F)c(F)c(F)c4F)c4cc5c([nH]4)c4c6nc(c(-c7c(F)c(F)c(F)c(F)c7F)c7ccc([nH]7)c(-c7c(F)c(F)c(F)c(F)c7F)c7nc(c(-c8c(F)c(F)c(F)c(F)c8F)c8cc4c([nH]8)c5c4nc(c(-c5c(F)c(F)c(F)c(F)c5F)c5ccc2[nH]5)C=C4Br)C=C7)C=C6Br)C=C3)c(F)c1F. The first-order chi connectivity index (χ1) is 54.9. The summed E-state index contributed by atoms with van der Waals surface area (Å²) < 4.78 is 482. The highest BCUT2D eigenvalue weighted by atomic mass is 79.9. The summed E-state index contributed by atoms with van der Waals surface area (Å²) in [6, 6.07) is 3.54. The molecule has 4 aliphatic rings. The van der Waals surface area contributed by atoms with Crippen molar-refractivity contribution >= 4 is 143 Å². The third-order valence-corrected chi connectivity index (χ3v) is 20.4. The van der Waals surface area contributed by atoms with E-state index in [-0.39, 0.29) is 0 Å². The first-order valence-electron chi connectivity index (χ1n) is 31.8. The molecule has 4 aliphatic heterocycles. The number of aromatic amines is 4. The number of rotatable bonds is 6. The van der Waals surface area contributed by atoms with Gasteiger partial charge in [-0.2, -0.15) is 0 Å². The lowest BCUT2D eigenvalue weighted by atomic mass is 9.99. The van der Waals surface area contributed by atoms with E-state index in [4.69, 9.17) is 0 Å². The minimum atomic E-state index is -2.86. The number of nitrogens with zero attached hydrogens (tertiary/aromatic N) is 4. The van der Waals surface area contributed by atoms with Crippen LogP contribution in [-0.2, 0) is 0 Å². The van der Waals surface area contributed by atoms with E-state index in [1.807, 2.05) is 0 Å². The van der Waals surface area contributed by atoms with Crippen LogP contribution in [0.3, 0.4) is 0 Å². The van der Waals surface area contributed by atoms with E-state index >= 15 is 123 Å². The van der Waals surface area contributed by atoms with Crippen LogP contribution in [0.4, 0.5) is 132 Å². The maximum Gasteiger partial charge on any atom is 0.200 e. The molecule has 0 saturated carbocycles. The van der Waals surface area contributed by atoms with Gasteiger partial charge in [0, 0.05) is 97.0 Å². The van der Waals surface area contributed by atoms with E-state index in [0.717, 1.165) is 0 Å². The first-order valence-corrected chi connectivity index (χ1v) is 33.4. The van der Waals surface area contributed by atoms with Gasteiger partial charge >= 0.3 is 0 Å². The Morgan fingerprint density at radius 3 is 0.586 bits per heavy atom. The van der Waals surface area contributed by atoms with E-state index in [2.05, 4.69) is 71.7 Å². The van der Waals surface area contributed by atoms with Crippen molar-refractivity contribution in [3.8, 4) is 66.8 Å². The Balaban J connectivity index is 1.20. The lowest BCUT2D eigenvalue weighted by Crippen LogP contribution is -2.06. The zero-order chi connectivity index (χ0) is 83.1. The Morgan fingerprint density at radius 1 is 0.198 bits per heavy atom. The van der Waals surface area contributed by atoms with Gasteiger partial charge in [-0.1, -0.05) is 0 Å². The van der Waals surface area contributed by atoms with Gasteiger partial charge in [-0.25, -0.2) is 152 Å². The molecule has 116 heavy (non-hydrogen) atoms. The molecule has 0 unspecified atom stereocenters. The molecule has 584 valence electrons. The topological polar surface area (TPSA) is 115 Å².